The minimum absolute atomic E-state index is 0.226. The predicted octanol–water partition coefficient (Wildman–Crippen LogP) is 2.63. The molecule has 31 heavy (non-hydrogen) atoms. The Balaban J connectivity index is 1.37. The lowest BCUT2D eigenvalue weighted by atomic mass is 10.0. The molecule has 3 heterocycles. The lowest BCUT2D eigenvalue weighted by molar-refractivity contribution is 0.0962. The van der Waals surface area contributed by atoms with E-state index in [0.29, 0.717) is 22.5 Å². The second-order valence-electron chi connectivity index (χ2n) is 6.98. The van der Waals surface area contributed by atoms with E-state index in [9.17, 15) is 9.59 Å². The molecule has 5 rings (SSSR count). The van der Waals surface area contributed by atoms with Crippen LogP contribution >= 0.6 is 0 Å². The Morgan fingerprint density at radius 1 is 0.968 bits per heavy atom. The number of amides is 1. The fourth-order valence-electron chi connectivity index (χ4n) is 3.31. The highest BCUT2D eigenvalue weighted by Gasteiger charge is 2.10. The molecule has 3 aromatic heterocycles. The average Bonchev–Trinajstić information content (AvgIpc) is 3.10. The fraction of sp³-hybridized carbons (Fsp3) is 0.0455. The summed E-state index contributed by atoms with van der Waals surface area (Å²) in [5, 5.41) is 0. The van der Waals surface area contributed by atoms with Crippen molar-refractivity contribution in [2.75, 3.05) is 5.43 Å². The lowest BCUT2D eigenvalue weighted by Gasteiger charge is -2.09. The Morgan fingerprint density at radius 3 is 2.68 bits per heavy atom. The fourth-order valence-corrected chi connectivity index (χ4v) is 3.31. The van der Waals surface area contributed by atoms with Gasteiger partial charge in [0, 0.05) is 24.4 Å². The Bertz CT molecular complexity index is 1500. The van der Waals surface area contributed by atoms with E-state index in [1.165, 1.54) is 4.57 Å². The van der Waals surface area contributed by atoms with E-state index in [-0.39, 0.29) is 11.6 Å². The van der Waals surface area contributed by atoms with Gasteiger partial charge in [-0.3, -0.25) is 30.2 Å². The van der Waals surface area contributed by atoms with Crippen molar-refractivity contribution in [3.8, 4) is 11.1 Å². The van der Waals surface area contributed by atoms with Gasteiger partial charge in [0.15, 0.2) is 11.5 Å². The number of hydrogen-bond donors (Lipinski definition) is 3. The molecule has 9 heteroatoms. The number of aryl methyl sites for hydroxylation is 1. The quantitative estimate of drug-likeness (QED) is 0.391. The van der Waals surface area contributed by atoms with Crippen molar-refractivity contribution in [2.24, 2.45) is 7.05 Å². The van der Waals surface area contributed by atoms with Crippen molar-refractivity contribution in [1.29, 1.82) is 0 Å². The van der Waals surface area contributed by atoms with Crippen LogP contribution in [0.1, 0.15) is 10.4 Å². The van der Waals surface area contributed by atoms with Crippen molar-refractivity contribution in [2.45, 2.75) is 0 Å². The summed E-state index contributed by atoms with van der Waals surface area (Å²) in [6.45, 7) is 0. The summed E-state index contributed by atoms with van der Waals surface area (Å²) in [7, 11) is 1.68. The van der Waals surface area contributed by atoms with Gasteiger partial charge in [0.1, 0.15) is 0 Å². The molecule has 0 radical (unpaired) electrons. The van der Waals surface area contributed by atoms with Crippen LogP contribution in [0.25, 0.3) is 33.3 Å². The maximum Gasteiger partial charge on any atom is 0.327 e. The smallest absolute Gasteiger partial charge is 0.294 e. The number of nitrogens with zero attached hydrogens (tertiary/aromatic N) is 4. The number of nitrogens with one attached hydrogen (secondary N) is 3. The van der Waals surface area contributed by atoms with E-state index in [0.717, 1.165) is 22.2 Å². The number of hydrazine groups is 1. The SMILES string of the molecule is Cn1c(=O)[nH]c2ncc(-c3cccc(C(=O)NNc4cnc5ccccc5n4)c3)cc21. The molecule has 0 spiro atoms. The van der Waals surface area contributed by atoms with Gasteiger partial charge < -0.3 is 0 Å². The number of hydrogen-bond acceptors (Lipinski definition) is 6. The molecule has 1 amide bonds. The predicted molar refractivity (Wildman–Crippen MR) is 117 cm³/mol. The standard InChI is InChI=1S/C22H17N7O2/c1-29-18-10-15(11-24-20(18)26-22(29)31)13-5-4-6-14(9-13)21(30)28-27-19-12-23-16-7-2-3-8-17(16)25-19/h2-12H,1H3,(H,25,27)(H,28,30)(H,24,26,31). The molecule has 0 saturated heterocycles. The normalized spacial score (nSPS) is 11.0. The first-order chi connectivity index (χ1) is 15.1. The van der Waals surface area contributed by atoms with Crippen LogP contribution in [0, 0.1) is 0 Å². The molecule has 0 unspecified atom stereocenters. The average molecular weight is 411 g/mol. The third-order valence-corrected chi connectivity index (χ3v) is 4.97. The number of benzene rings is 2. The molecule has 0 saturated carbocycles. The minimum atomic E-state index is -0.320. The molecule has 0 aliphatic carbocycles. The Labute approximate surface area is 175 Å². The number of aromatic nitrogens is 5. The van der Waals surface area contributed by atoms with E-state index in [4.69, 9.17) is 0 Å². The van der Waals surface area contributed by atoms with Crippen LogP contribution in [-0.2, 0) is 7.05 Å². The zero-order valence-electron chi connectivity index (χ0n) is 16.5. The number of aromatic amines is 1. The highest BCUT2D eigenvalue weighted by atomic mass is 16.2. The van der Waals surface area contributed by atoms with E-state index in [1.807, 2.05) is 36.4 Å². The van der Waals surface area contributed by atoms with E-state index < -0.39 is 0 Å². The first kappa shape index (κ1) is 18.5. The summed E-state index contributed by atoms with van der Waals surface area (Å²) in [5.74, 6) is 0.117. The van der Waals surface area contributed by atoms with Gasteiger partial charge >= 0.3 is 5.69 Å². The minimum Gasteiger partial charge on any atom is -0.294 e. The summed E-state index contributed by atoms with van der Waals surface area (Å²) in [6.07, 6.45) is 3.22. The maximum atomic E-state index is 12.6. The van der Waals surface area contributed by atoms with Crippen molar-refractivity contribution in [3.05, 3.63) is 83.0 Å². The number of carbonyl (C=O) groups is 1. The molecule has 0 atom stereocenters. The van der Waals surface area contributed by atoms with Crippen LogP contribution < -0.4 is 16.5 Å². The van der Waals surface area contributed by atoms with Crippen LogP contribution in [0.5, 0.6) is 0 Å². The summed E-state index contributed by atoms with van der Waals surface area (Å²) in [6, 6.07) is 16.5. The number of H-pyrrole nitrogens is 1. The topological polar surface area (TPSA) is 118 Å². The van der Waals surface area contributed by atoms with Crippen molar-refractivity contribution in [3.63, 3.8) is 0 Å². The third-order valence-electron chi connectivity index (χ3n) is 4.97. The monoisotopic (exact) mass is 411 g/mol. The molecule has 0 fully saturated rings. The molecular formula is C22H17N7O2. The van der Waals surface area contributed by atoms with Gasteiger partial charge in [0.2, 0.25) is 0 Å². The van der Waals surface area contributed by atoms with Crippen LogP contribution in [0.2, 0.25) is 0 Å². The van der Waals surface area contributed by atoms with E-state index in [2.05, 4.69) is 30.8 Å². The van der Waals surface area contributed by atoms with E-state index in [1.54, 1.807) is 37.6 Å². The van der Waals surface area contributed by atoms with Crippen LogP contribution in [0.15, 0.2) is 71.8 Å². The molecule has 9 nitrogen and oxygen atoms in total. The first-order valence-corrected chi connectivity index (χ1v) is 9.52. The second-order valence-corrected chi connectivity index (χ2v) is 6.98. The molecule has 0 aliphatic heterocycles. The number of carbonyl (C=O) groups excluding carboxylic acids is 1. The lowest BCUT2D eigenvalue weighted by Crippen LogP contribution is -2.29. The summed E-state index contributed by atoms with van der Waals surface area (Å²) < 4.78 is 1.50. The number of rotatable bonds is 4. The number of pyridine rings is 1. The van der Waals surface area contributed by atoms with Gasteiger partial charge in [-0.25, -0.2) is 14.8 Å². The zero-order valence-corrected chi connectivity index (χ0v) is 16.5. The Kier molecular flexibility index (Phi) is 4.40. The zero-order chi connectivity index (χ0) is 21.4. The van der Waals surface area contributed by atoms with Gasteiger partial charge in [-0.15, -0.1) is 0 Å². The van der Waals surface area contributed by atoms with Crippen molar-refractivity contribution >= 4 is 33.9 Å². The van der Waals surface area contributed by atoms with Gasteiger partial charge in [-0.2, -0.15) is 0 Å². The summed E-state index contributed by atoms with van der Waals surface area (Å²) >= 11 is 0. The second kappa shape index (κ2) is 7.38. The third kappa shape index (κ3) is 3.48. The van der Waals surface area contributed by atoms with Crippen LogP contribution in [-0.4, -0.2) is 30.4 Å². The maximum absolute atomic E-state index is 12.6. The van der Waals surface area contributed by atoms with Crippen LogP contribution in [0.3, 0.4) is 0 Å². The molecule has 5 aromatic rings. The van der Waals surface area contributed by atoms with Gasteiger partial charge in [0.25, 0.3) is 5.91 Å². The van der Waals surface area contributed by atoms with Crippen molar-refractivity contribution in [1.82, 2.24) is 29.9 Å². The summed E-state index contributed by atoms with van der Waals surface area (Å²) in [5.41, 5.74) is 9.99. The largest absolute Gasteiger partial charge is 0.327 e. The Hall–Kier alpha value is -4.53. The summed E-state index contributed by atoms with van der Waals surface area (Å²) in [4.78, 5) is 40.2. The number of imidazole rings is 1. The van der Waals surface area contributed by atoms with Gasteiger partial charge in [-0.1, -0.05) is 24.3 Å². The highest BCUT2D eigenvalue weighted by molar-refractivity contribution is 5.96. The number of para-hydroxylation sites is 2. The molecule has 3 N–H and O–H groups in total. The molecule has 0 aliphatic rings. The van der Waals surface area contributed by atoms with Gasteiger partial charge in [-0.05, 0) is 35.9 Å². The molecule has 152 valence electrons. The number of fused-ring (bicyclic) bond motifs is 2. The first-order valence-electron chi connectivity index (χ1n) is 9.52. The van der Waals surface area contributed by atoms with Crippen LogP contribution in [0.4, 0.5) is 5.82 Å². The Morgan fingerprint density at radius 2 is 1.81 bits per heavy atom. The van der Waals surface area contributed by atoms with Crippen molar-refractivity contribution < 1.29 is 4.79 Å². The number of anilines is 1. The molecular weight excluding hydrogens is 394 g/mol. The van der Waals surface area contributed by atoms with Gasteiger partial charge in [0.05, 0.1) is 22.7 Å². The molecule has 0 bridgehead atoms. The molecule has 2 aromatic carbocycles. The van der Waals surface area contributed by atoms with E-state index >= 15 is 0 Å². The highest BCUT2D eigenvalue weighted by Crippen LogP contribution is 2.22.